The summed E-state index contributed by atoms with van der Waals surface area (Å²) in [5.41, 5.74) is 14.7. The molecule has 0 spiro atoms. The summed E-state index contributed by atoms with van der Waals surface area (Å²) in [6, 6.07) is 17.9. The Morgan fingerprint density at radius 1 is 1.13 bits per heavy atom. The van der Waals surface area contributed by atoms with Crippen LogP contribution in [0.3, 0.4) is 0 Å². The molecule has 1 aliphatic heterocycles. The molecule has 0 fully saturated rings. The number of hydrogen-bond acceptors (Lipinski definition) is 6. The SMILES string of the molecule is CCc1cc2cccc(-c3cnn(C)c3)c2c(=O)n1-c1ccccc1.NC(=O)c1c(N)nn2c1NCC=C2. The minimum Gasteiger partial charge on any atom is -0.381 e. The van der Waals surface area contributed by atoms with Crippen LogP contribution in [0.1, 0.15) is 23.0 Å². The molecule has 38 heavy (non-hydrogen) atoms. The van der Waals surface area contributed by atoms with Crippen molar-refractivity contribution in [2.75, 3.05) is 17.6 Å². The van der Waals surface area contributed by atoms with Gasteiger partial charge in [-0.1, -0.05) is 43.3 Å². The number of nitrogens with zero attached hydrogens (tertiary/aromatic N) is 5. The van der Waals surface area contributed by atoms with Crippen LogP contribution in [-0.2, 0) is 13.5 Å². The molecule has 1 aliphatic rings. The zero-order chi connectivity index (χ0) is 26.8. The largest absolute Gasteiger partial charge is 0.381 e. The fraction of sp³-hybridized carbons (Fsp3) is 0.143. The third kappa shape index (κ3) is 4.43. The number of carbonyl (C=O) groups is 1. The Bertz CT molecular complexity index is 1730. The zero-order valence-electron chi connectivity index (χ0n) is 21.1. The predicted octanol–water partition coefficient (Wildman–Crippen LogP) is 3.41. The number of anilines is 2. The third-order valence-corrected chi connectivity index (χ3v) is 6.33. The third-order valence-electron chi connectivity index (χ3n) is 6.33. The maximum Gasteiger partial charge on any atom is 0.263 e. The fourth-order valence-corrected chi connectivity index (χ4v) is 4.62. The van der Waals surface area contributed by atoms with E-state index in [1.54, 1.807) is 17.1 Å². The molecule has 0 saturated heterocycles. The van der Waals surface area contributed by atoms with Crippen LogP contribution < -0.4 is 22.3 Å². The highest BCUT2D eigenvalue weighted by atomic mass is 16.1. The molecule has 5 N–H and O–H groups in total. The number of aromatic nitrogens is 5. The first-order chi connectivity index (χ1) is 18.4. The highest BCUT2D eigenvalue weighted by Gasteiger charge is 2.20. The molecule has 4 heterocycles. The molecule has 5 aromatic rings. The van der Waals surface area contributed by atoms with Gasteiger partial charge in [-0.3, -0.25) is 18.8 Å². The Labute approximate surface area is 218 Å². The summed E-state index contributed by atoms with van der Waals surface area (Å²) in [5, 5.41) is 12.8. The van der Waals surface area contributed by atoms with Gasteiger partial charge in [0.2, 0.25) is 0 Å². The highest BCUT2D eigenvalue weighted by molar-refractivity contribution is 6.02. The second-order valence-corrected chi connectivity index (χ2v) is 8.82. The molecule has 10 heteroatoms. The van der Waals surface area contributed by atoms with Gasteiger partial charge in [0.05, 0.1) is 11.6 Å². The Morgan fingerprint density at radius 2 is 1.92 bits per heavy atom. The molecule has 3 aromatic heterocycles. The standard InChI is InChI=1S/C21H19N3O.C7H9N5O/c1-3-17-12-15-8-7-11-19(16-13-22-23(2)14-16)20(15)21(25)24(17)18-9-5-4-6-10-18;8-5-4(6(9)13)7-10-2-1-3-12(7)11-5/h4-14H,3H2,1-2H3;1,3,10H,2H2,(H2,8,11)(H2,9,13). The van der Waals surface area contributed by atoms with Crippen molar-refractivity contribution in [3.05, 3.63) is 94.7 Å². The van der Waals surface area contributed by atoms with Crippen LogP contribution >= 0.6 is 0 Å². The minimum absolute atomic E-state index is 0.0139. The molecule has 2 aromatic carbocycles. The van der Waals surface area contributed by atoms with Crippen LogP contribution in [0.15, 0.2) is 77.9 Å². The first-order valence-electron chi connectivity index (χ1n) is 12.2. The van der Waals surface area contributed by atoms with Crippen LogP contribution in [0.5, 0.6) is 0 Å². The van der Waals surface area contributed by atoms with E-state index in [1.807, 2.05) is 72.4 Å². The number of pyridine rings is 1. The van der Waals surface area contributed by atoms with Gasteiger partial charge in [-0.15, -0.1) is 5.10 Å². The molecule has 10 nitrogen and oxygen atoms in total. The van der Waals surface area contributed by atoms with E-state index >= 15 is 0 Å². The molecule has 0 radical (unpaired) electrons. The van der Waals surface area contributed by atoms with Crippen molar-refractivity contribution in [1.82, 2.24) is 24.1 Å². The monoisotopic (exact) mass is 508 g/mol. The fourth-order valence-electron chi connectivity index (χ4n) is 4.62. The van der Waals surface area contributed by atoms with Crippen LogP contribution in [-0.4, -0.2) is 36.6 Å². The van der Waals surface area contributed by atoms with Crippen LogP contribution in [0.25, 0.3) is 33.8 Å². The number of carbonyl (C=O) groups excluding carboxylic acids is 1. The van der Waals surface area contributed by atoms with Crippen molar-refractivity contribution in [3.8, 4) is 16.8 Å². The van der Waals surface area contributed by atoms with Gasteiger partial charge < -0.3 is 16.8 Å². The Balaban J connectivity index is 0.000000190. The molecule has 6 rings (SSSR count). The maximum atomic E-state index is 13.4. The maximum absolute atomic E-state index is 13.4. The van der Waals surface area contributed by atoms with E-state index < -0.39 is 5.91 Å². The number of para-hydroxylation sites is 1. The molecule has 1 amide bonds. The lowest BCUT2D eigenvalue weighted by molar-refractivity contribution is 0.100. The molecule has 0 bridgehead atoms. The topological polar surface area (TPSA) is 139 Å². The normalized spacial score (nSPS) is 11.9. The van der Waals surface area contributed by atoms with Gasteiger partial charge >= 0.3 is 0 Å². The van der Waals surface area contributed by atoms with Gasteiger partial charge in [-0.25, -0.2) is 4.68 Å². The van der Waals surface area contributed by atoms with Gasteiger partial charge in [0.25, 0.3) is 11.5 Å². The van der Waals surface area contributed by atoms with E-state index in [0.717, 1.165) is 39.7 Å². The lowest BCUT2D eigenvalue weighted by Gasteiger charge is -2.15. The van der Waals surface area contributed by atoms with Gasteiger partial charge in [-0.2, -0.15) is 5.10 Å². The van der Waals surface area contributed by atoms with E-state index in [9.17, 15) is 9.59 Å². The van der Waals surface area contributed by atoms with E-state index in [-0.39, 0.29) is 16.9 Å². The quantitative estimate of drug-likeness (QED) is 0.340. The highest BCUT2D eigenvalue weighted by Crippen LogP contribution is 2.27. The average Bonchev–Trinajstić information content (AvgIpc) is 3.51. The minimum atomic E-state index is -0.568. The van der Waals surface area contributed by atoms with Crippen LogP contribution in [0.4, 0.5) is 11.6 Å². The number of rotatable bonds is 4. The summed E-state index contributed by atoms with van der Waals surface area (Å²) < 4.78 is 5.07. The summed E-state index contributed by atoms with van der Waals surface area (Å²) in [6.07, 6.45) is 8.12. The van der Waals surface area contributed by atoms with Crippen molar-refractivity contribution in [3.63, 3.8) is 0 Å². The second-order valence-electron chi connectivity index (χ2n) is 8.82. The summed E-state index contributed by atoms with van der Waals surface area (Å²) >= 11 is 0. The lowest BCUT2D eigenvalue weighted by atomic mass is 10.0. The van der Waals surface area contributed by atoms with Crippen molar-refractivity contribution < 1.29 is 4.79 Å². The summed E-state index contributed by atoms with van der Waals surface area (Å²) in [5.74, 6) is 0.149. The summed E-state index contributed by atoms with van der Waals surface area (Å²) in [6.45, 7) is 2.72. The first-order valence-corrected chi connectivity index (χ1v) is 12.2. The van der Waals surface area contributed by atoms with E-state index in [4.69, 9.17) is 11.5 Å². The number of primary amides is 1. The first kappa shape index (κ1) is 24.6. The number of nitrogens with one attached hydrogen (secondary N) is 1. The molecule has 0 unspecified atom stereocenters. The molecule has 0 aliphatic carbocycles. The smallest absolute Gasteiger partial charge is 0.263 e. The Kier molecular flexibility index (Phi) is 6.53. The summed E-state index contributed by atoms with van der Waals surface area (Å²) in [7, 11) is 1.88. The molecule has 192 valence electrons. The Morgan fingerprint density at radius 3 is 2.61 bits per heavy atom. The zero-order valence-corrected chi connectivity index (χ0v) is 21.1. The van der Waals surface area contributed by atoms with Gasteiger partial charge in [0.1, 0.15) is 11.4 Å². The number of fused-ring (bicyclic) bond motifs is 2. The van der Waals surface area contributed by atoms with Crippen molar-refractivity contribution in [2.24, 2.45) is 12.8 Å². The average molecular weight is 509 g/mol. The van der Waals surface area contributed by atoms with Gasteiger partial charge in [-0.05, 0) is 41.6 Å². The van der Waals surface area contributed by atoms with Crippen molar-refractivity contribution in [2.45, 2.75) is 13.3 Å². The second kappa shape index (κ2) is 10.1. The summed E-state index contributed by atoms with van der Waals surface area (Å²) in [4.78, 5) is 24.4. The molecule has 0 saturated carbocycles. The predicted molar refractivity (Wildman–Crippen MR) is 150 cm³/mol. The number of aryl methyl sites for hydroxylation is 2. The van der Waals surface area contributed by atoms with Crippen LogP contribution in [0.2, 0.25) is 0 Å². The molecular formula is C28H28N8O2. The van der Waals surface area contributed by atoms with Gasteiger partial charge in [0.15, 0.2) is 5.82 Å². The van der Waals surface area contributed by atoms with E-state index in [1.165, 1.54) is 4.68 Å². The molecule has 0 atom stereocenters. The number of amides is 1. The van der Waals surface area contributed by atoms with Crippen LogP contribution in [0, 0.1) is 0 Å². The van der Waals surface area contributed by atoms with Crippen molar-refractivity contribution >= 4 is 34.5 Å². The Hall–Kier alpha value is -5.12. The number of nitrogen functional groups attached to an aromatic ring is 1. The van der Waals surface area contributed by atoms with E-state index in [0.29, 0.717) is 12.4 Å². The number of benzene rings is 2. The van der Waals surface area contributed by atoms with E-state index in [2.05, 4.69) is 28.5 Å². The number of hydrogen-bond donors (Lipinski definition) is 3. The lowest BCUT2D eigenvalue weighted by Crippen LogP contribution is -2.22. The molecular weight excluding hydrogens is 480 g/mol. The van der Waals surface area contributed by atoms with Crippen molar-refractivity contribution in [1.29, 1.82) is 0 Å². The number of nitrogens with two attached hydrogens (primary N) is 2. The van der Waals surface area contributed by atoms with Gasteiger partial charge in [0, 0.05) is 42.9 Å².